The molecule has 3 atom stereocenters. The van der Waals surface area contributed by atoms with E-state index in [4.69, 9.17) is 4.74 Å². The van der Waals surface area contributed by atoms with E-state index in [9.17, 15) is 0 Å². The zero-order valence-electron chi connectivity index (χ0n) is 7.42. The van der Waals surface area contributed by atoms with Crippen LogP contribution in [-0.4, -0.2) is 38.3 Å². The molecular formula is C9H17NO. The lowest BCUT2D eigenvalue weighted by Gasteiger charge is -2.30. The van der Waals surface area contributed by atoms with Gasteiger partial charge in [0.2, 0.25) is 0 Å². The van der Waals surface area contributed by atoms with Crippen LogP contribution in [0, 0.1) is 17.8 Å². The SMILES string of the molecule is CC1COCC2CN(C)CC12. The maximum absolute atomic E-state index is 5.52. The van der Waals surface area contributed by atoms with Crippen LogP contribution in [-0.2, 0) is 4.74 Å². The normalized spacial score (nSPS) is 45.8. The molecule has 0 aromatic heterocycles. The molecule has 2 aliphatic rings. The highest BCUT2D eigenvalue weighted by atomic mass is 16.5. The van der Waals surface area contributed by atoms with Gasteiger partial charge in [-0.3, -0.25) is 0 Å². The van der Waals surface area contributed by atoms with Crippen LogP contribution in [0.2, 0.25) is 0 Å². The molecule has 2 aliphatic heterocycles. The molecule has 2 saturated heterocycles. The summed E-state index contributed by atoms with van der Waals surface area (Å²) in [6, 6.07) is 0. The van der Waals surface area contributed by atoms with E-state index in [1.807, 2.05) is 0 Å². The zero-order valence-corrected chi connectivity index (χ0v) is 7.42. The molecule has 0 aromatic rings. The quantitative estimate of drug-likeness (QED) is 0.514. The first-order valence-corrected chi connectivity index (χ1v) is 4.53. The highest BCUT2D eigenvalue weighted by Gasteiger charge is 2.37. The van der Waals surface area contributed by atoms with Crippen molar-refractivity contribution < 1.29 is 4.74 Å². The van der Waals surface area contributed by atoms with Crippen LogP contribution in [0.3, 0.4) is 0 Å². The van der Waals surface area contributed by atoms with Crippen LogP contribution in [0.1, 0.15) is 6.92 Å². The van der Waals surface area contributed by atoms with Gasteiger partial charge in [-0.1, -0.05) is 6.92 Å². The standard InChI is InChI=1S/C9H17NO/c1-7-5-11-6-8-3-10(2)4-9(7)8/h7-9H,3-6H2,1-2H3. The van der Waals surface area contributed by atoms with Crippen molar-refractivity contribution in [3.8, 4) is 0 Å². The Labute approximate surface area is 68.5 Å². The molecule has 3 unspecified atom stereocenters. The smallest absolute Gasteiger partial charge is 0.0509 e. The second kappa shape index (κ2) is 2.76. The molecule has 2 nitrogen and oxygen atoms in total. The number of likely N-dealkylation sites (tertiary alicyclic amines) is 1. The lowest BCUT2D eigenvalue weighted by molar-refractivity contribution is -0.00191. The Hall–Kier alpha value is -0.0800. The fourth-order valence-electron chi connectivity index (χ4n) is 2.47. The van der Waals surface area contributed by atoms with Gasteiger partial charge in [0.1, 0.15) is 0 Å². The molecule has 2 fully saturated rings. The Bertz CT molecular complexity index is 148. The summed E-state index contributed by atoms with van der Waals surface area (Å²) in [4.78, 5) is 2.43. The van der Waals surface area contributed by atoms with Gasteiger partial charge in [0.15, 0.2) is 0 Å². The summed E-state index contributed by atoms with van der Waals surface area (Å²) >= 11 is 0. The van der Waals surface area contributed by atoms with Gasteiger partial charge >= 0.3 is 0 Å². The number of ether oxygens (including phenoxy) is 1. The fourth-order valence-corrected chi connectivity index (χ4v) is 2.47. The van der Waals surface area contributed by atoms with E-state index in [1.54, 1.807) is 0 Å². The second-order valence-electron chi connectivity index (χ2n) is 4.16. The molecule has 0 N–H and O–H groups in total. The van der Waals surface area contributed by atoms with E-state index in [0.29, 0.717) is 0 Å². The summed E-state index contributed by atoms with van der Waals surface area (Å²) in [5.41, 5.74) is 0. The molecule has 0 aliphatic carbocycles. The third-order valence-electron chi connectivity index (χ3n) is 3.12. The summed E-state index contributed by atoms with van der Waals surface area (Å²) < 4.78 is 5.52. The molecule has 0 radical (unpaired) electrons. The molecular weight excluding hydrogens is 138 g/mol. The number of rotatable bonds is 0. The third-order valence-corrected chi connectivity index (χ3v) is 3.12. The van der Waals surface area contributed by atoms with Crippen molar-refractivity contribution in [1.29, 1.82) is 0 Å². The van der Waals surface area contributed by atoms with Gasteiger partial charge in [-0.2, -0.15) is 0 Å². The van der Waals surface area contributed by atoms with Crippen molar-refractivity contribution in [1.82, 2.24) is 4.90 Å². The minimum absolute atomic E-state index is 0.777. The van der Waals surface area contributed by atoms with Gasteiger partial charge in [0.05, 0.1) is 6.61 Å². The number of nitrogens with zero attached hydrogens (tertiary/aromatic N) is 1. The highest BCUT2D eigenvalue weighted by molar-refractivity contribution is 4.87. The van der Waals surface area contributed by atoms with E-state index in [-0.39, 0.29) is 0 Å². The average Bonchev–Trinajstić information content (AvgIpc) is 2.31. The van der Waals surface area contributed by atoms with Gasteiger partial charge in [0.25, 0.3) is 0 Å². The Morgan fingerprint density at radius 3 is 2.82 bits per heavy atom. The highest BCUT2D eigenvalue weighted by Crippen LogP contribution is 2.32. The summed E-state index contributed by atoms with van der Waals surface area (Å²) in [6.45, 7) is 6.83. The van der Waals surface area contributed by atoms with Gasteiger partial charge in [-0.15, -0.1) is 0 Å². The van der Waals surface area contributed by atoms with Crippen LogP contribution in [0.25, 0.3) is 0 Å². The van der Waals surface area contributed by atoms with Gasteiger partial charge < -0.3 is 9.64 Å². The maximum atomic E-state index is 5.52. The second-order valence-corrected chi connectivity index (χ2v) is 4.16. The first kappa shape index (κ1) is 7.56. The summed E-state index contributed by atoms with van der Waals surface area (Å²) in [6.07, 6.45) is 0. The largest absolute Gasteiger partial charge is 0.381 e. The minimum Gasteiger partial charge on any atom is -0.381 e. The molecule has 2 rings (SSSR count). The van der Waals surface area contributed by atoms with Crippen molar-refractivity contribution >= 4 is 0 Å². The molecule has 0 amide bonds. The Kier molecular flexibility index (Phi) is 1.90. The minimum atomic E-state index is 0.777. The predicted molar refractivity (Wildman–Crippen MR) is 44.5 cm³/mol. The number of fused-ring (bicyclic) bond motifs is 1. The van der Waals surface area contributed by atoms with Gasteiger partial charge in [-0.25, -0.2) is 0 Å². The van der Waals surface area contributed by atoms with Crippen molar-refractivity contribution in [3.05, 3.63) is 0 Å². The van der Waals surface area contributed by atoms with Crippen LogP contribution in [0.5, 0.6) is 0 Å². The molecule has 0 aromatic carbocycles. The van der Waals surface area contributed by atoms with E-state index >= 15 is 0 Å². The molecule has 0 bridgehead atoms. The van der Waals surface area contributed by atoms with Crippen molar-refractivity contribution in [2.45, 2.75) is 6.92 Å². The van der Waals surface area contributed by atoms with Gasteiger partial charge in [0, 0.05) is 19.7 Å². The van der Waals surface area contributed by atoms with Crippen LogP contribution >= 0.6 is 0 Å². The molecule has 2 heterocycles. The zero-order chi connectivity index (χ0) is 7.84. The summed E-state index contributed by atoms with van der Waals surface area (Å²) in [5, 5.41) is 0. The molecule has 11 heavy (non-hydrogen) atoms. The monoisotopic (exact) mass is 155 g/mol. The number of hydrogen-bond acceptors (Lipinski definition) is 2. The van der Waals surface area contributed by atoms with Crippen LogP contribution < -0.4 is 0 Å². The molecule has 2 heteroatoms. The molecule has 64 valence electrons. The van der Waals surface area contributed by atoms with Crippen molar-refractivity contribution in [3.63, 3.8) is 0 Å². The topological polar surface area (TPSA) is 12.5 Å². The Balaban J connectivity index is 2.03. The first-order valence-electron chi connectivity index (χ1n) is 4.53. The van der Waals surface area contributed by atoms with E-state index in [0.717, 1.165) is 31.0 Å². The molecule has 0 spiro atoms. The summed E-state index contributed by atoms with van der Waals surface area (Å²) in [7, 11) is 2.21. The van der Waals surface area contributed by atoms with E-state index in [2.05, 4.69) is 18.9 Å². The fraction of sp³-hybridized carbons (Fsp3) is 1.00. The van der Waals surface area contributed by atoms with Crippen LogP contribution in [0.15, 0.2) is 0 Å². The van der Waals surface area contributed by atoms with E-state index in [1.165, 1.54) is 13.1 Å². The predicted octanol–water partition coefficient (Wildman–Crippen LogP) is 0.831. The van der Waals surface area contributed by atoms with Crippen LogP contribution in [0.4, 0.5) is 0 Å². The Morgan fingerprint density at radius 2 is 2.09 bits per heavy atom. The first-order chi connectivity index (χ1) is 5.27. The van der Waals surface area contributed by atoms with Crippen molar-refractivity contribution in [2.75, 3.05) is 33.4 Å². The lowest BCUT2D eigenvalue weighted by atomic mass is 9.84. The summed E-state index contributed by atoms with van der Waals surface area (Å²) in [5.74, 6) is 2.51. The van der Waals surface area contributed by atoms with Crippen molar-refractivity contribution in [2.24, 2.45) is 17.8 Å². The molecule has 0 saturated carbocycles. The third kappa shape index (κ3) is 1.30. The van der Waals surface area contributed by atoms with E-state index < -0.39 is 0 Å². The number of hydrogen-bond donors (Lipinski definition) is 0. The average molecular weight is 155 g/mol. The maximum Gasteiger partial charge on any atom is 0.0509 e. The Morgan fingerprint density at radius 1 is 1.27 bits per heavy atom. The lowest BCUT2D eigenvalue weighted by Crippen LogP contribution is -2.32. The van der Waals surface area contributed by atoms with Gasteiger partial charge in [-0.05, 0) is 24.8 Å².